The predicted molar refractivity (Wildman–Crippen MR) is 128 cm³/mol. The summed E-state index contributed by atoms with van der Waals surface area (Å²) in [5.41, 5.74) is 4.44. The lowest BCUT2D eigenvalue weighted by molar-refractivity contribution is 0.312. The van der Waals surface area contributed by atoms with E-state index in [1.54, 1.807) is 6.33 Å². The molecule has 0 aliphatic carbocycles. The summed E-state index contributed by atoms with van der Waals surface area (Å²) in [6.45, 7) is 7.94. The smallest absolute Gasteiger partial charge is 0.129 e. The molecule has 3 aromatic rings. The molecule has 32 heavy (non-hydrogen) atoms. The molecule has 2 aliphatic rings. The number of para-hydroxylation sites is 1. The summed E-state index contributed by atoms with van der Waals surface area (Å²) in [6.07, 6.45) is 4.40. The van der Waals surface area contributed by atoms with Crippen molar-refractivity contribution in [2.75, 3.05) is 56.6 Å². The van der Waals surface area contributed by atoms with Crippen LogP contribution in [0.2, 0.25) is 0 Å². The van der Waals surface area contributed by atoms with Crippen molar-refractivity contribution in [1.29, 1.82) is 0 Å². The lowest BCUT2D eigenvalue weighted by Crippen LogP contribution is -2.44. The first-order chi connectivity index (χ1) is 15.7. The Morgan fingerprint density at radius 1 is 1.06 bits per heavy atom. The molecule has 7 nitrogen and oxygen atoms in total. The topological polar surface area (TPSA) is 66.4 Å². The van der Waals surface area contributed by atoms with Crippen LogP contribution < -0.4 is 15.0 Å². The van der Waals surface area contributed by atoms with Crippen LogP contribution in [-0.4, -0.2) is 66.2 Å². The van der Waals surface area contributed by atoms with Gasteiger partial charge in [0.15, 0.2) is 0 Å². The molecule has 0 amide bonds. The van der Waals surface area contributed by atoms with Gasteiger partial charge in [0.2, 0.25) is 0 Å². The van der Waals surface area contributed by atoms with Gasteiger partial charge in [0.05, 0.1) is 12.3 Å². The van der Waals surface area contributed by atoms with Crippen molar-refractivity contribution in [2.45, 2.75) is 19.3 Å². The fourth-order valence-electron chi connectivity index (χ4n) is 4.36. The normalized spacial score (nSPS) is 18.3. The molecule has 0 spiro atoms. The average molecular weight is 431 g/mol. The number of likely N-dealkylation sites (N-methyl/N-ethyl adjacent to an activating group) is 1. The van der Waals surface area contributed by atoms with Crippen molar-refractivity contribution >= 4 is 11.6 Å². The van der Waals surface area contributed by atoms with Gasteiger partial charge < -0.3 is 19.9 Å². The Morgan fingerprint density at radius 3 is 2.75 bits per heavy atom. The fraction of sp³-hybridized carbons (Fsp3) is 0.400. The van der Waals surface area contributed by atoms with Gasteiger partial charge in [-0.3, -0.25) is 0 Å². The van der Waals surface area contributed by atoms with Crippen molar-refractivity contribution in [3.63, 3.8) is 0 Å². The Kier molecular flexibility index (Phi) is 5.90. The van der Waals surface area contributed by atoms with Crippen LogP contribution in [0, 0.1) is 0 Å². The van der Waals surface area contributed by atoms with Crippen LogP contribution in [0.4, 0.5) is 11.6 Å². The average Bonchev–Trinajstić information content (AvgIpc) is 3.22. The van der Waals surface area contributed by atoms with Crippen LogP contribution >= 0.6 is 0 Å². The number of piperazine rings is 1. The molecule has 0 bridgehead atoms. The minimum Gasteiger partial charge on any atom is -0.492 e. The lowest BCUT2D eigenvalue weighted by atomic mass is 9.99. The SMILES string of the molecule is CC1COc2c(CCNc3cc(-c4ccc(N5CCN(C)CC5)nc4)ncn3)cccc21. The molecule has 1 N–H and O–H groups in total. The van der Waals surface area contributed by atoms with Gasteiger partial charge in [0.1, 0.15) is 23.7 Å². The van der Waals surface area contributed by atoms with Crippen LogP contribution in [0.5, 0.6) is 5.75 Å². The Morgan fingerprint density at radius 2 is 1.94 bits per heavy atom. The highest BCUT2D eigenvalue weighted by Gasteiger charge is 2.22. The van der Waals surface area contributed by atoms with Gasteiger partial charge in [-0.2, -0.15) is 0 Å². The summed E-state index contributed by atoms with van der Waals surface area (Å²) in [6, 6.07) is 12.6. The summed E-state index contributed by atoms with van der Waals surface area (Å²) in [5.74, 6) is 3.39. The molecule has 0 radical (unpaired) electrons. The quantitative estimate of drug-likeness (QED) is 0.643. The van der Waals surface area contributed by atoms with E-state index in [4.69, 9.17) is 4.74 Å². The van der Waals surface area contributed by atoms with E-state index in [9.17, 15) is 0 Å². The number of rotatable bonds is 6. The lowest BCUT2D eigenvalue weighted by Gasteiger charge is -2.33. The van der Waals surface area contributed by atoms with Crippen molar-refractivity contribution in [3.05, 3.63) is 60.0 Å². The van der Waals surface area contributed by atoms with Crippen LogP contribution in [0.15, 0.2) is 48.9 Å². The van der Waals surface area contributed by atoms with Crippen LogP contribution in [0.1, 0.15) is 24.0 Å². The molecule has 1 saturated heterocycles. The maximum Gasteiger partial charge on any atom is 0.129 e. The molecular formula is C25H30N6O. The van der Waals surface area contributed by atoms with Crippen LogP contribution in [-0.2, 0) is 6.42 Å². The van der Waals surface area contributed by atoms with Crippen molar-refractivity contribution in [1.82, 2.24) is 19.9 Å². The maximum atomic E-state index is 5.91. The molecule has 166 valence electrons. The zero-order chi connectivity index (χ0) is 21.9. The van der Waals surface area contributed by atoms with E-state index >= 15 is 0 Å². The van der Waals surface area contributed by atoms with Gasteiger partial charge in [-0.15, -0.1) is 0 Å². The minimum atomic E-state index is 0.471. The first-order valence-corrected chi connectivity index (χ1v) is 11.4. The zero-order valence-corrected chi connectivity index (χ0v) is 18.8. The van der Waals surface area contributed by atoms with E-state index in [-0.39, 0.29) is 0 Å². The summed E-state index contributed by atoms with van der Waals surface area (Å²) in [5, 5.41) is 3.43. The highest BCUT2D eigenvalue weighted by molar-refractivity contribution is 5.62. The second kappa shape index (κ2) is 9.12. The van der Waals surface area contributed by atoms with E-state index in [0.29, 0.717) is 5.92 Å². The van der Waals surface area contributed by atoms with E-state index in [1.807, 2.05) is 12.3 Å². The number of benzene rings is 1. The zero-order valence-electron chi connectivity index (χ0n) is 18.8. The molecule has 1 fully saturated rings. The van der Waals surface area contributed by atoms with E-state index in [2.05, 4.69) is 74.4 Å². The van der Waals surface area contributed by atoms with E-state index in [1.165, 1.54) is 11.1 Å². The van der Waals surface area contributed by atoms with Crippen LogP contribution in [0.3, 0.4) is 0 Å². The maximum absolute atomic E-state index is 5.91. The van der Waals surface area contributed by atoms with Gasteiger partial charge in [-0.05, 0) is 31.2 Å². The van der Waals surface area contributed by atoms with Crippen LogP contribution in [0.25, 0.3) is 11.3 Å². The second-order valence-corrected chi connectivity index (χ2v) is 8.71. The Balaban J connectivity index is 1.22. The molecule has 1 atom stereocenters. The van der Waals surface area contributed by atoms with Crippen molar-refractivity contribution in [3.8, 4) is 17.0 Å². The second-order valence-electron chi connectivity index (χ2n) is 8.71. The number of aromatic nitrogens is 3. The first-order valence-electron chi connectivity index (χ1n) is 11.4. The number of nitrogens with zero attached hydrogens (tertiary/aromatic N) is 5. The highest BCUT2D eigenvalue weighted by atomic mass is 16.5. The van der Waals surface area contributed by atoms with Gasteiger partial charge in [-0.1, -0.05) is 25.1 Å². The largest absolute Gasteiger partial charge is 0.492 e. The summed E-state index contributed by atoms with van der Waals surface area (Å²) in [7, 11) is 2.16. The summed E-state index contributed by atoms with van der Waals surface area (Å²) >= 11 is 0. The molecular weight excluding hydrogens is 400 g/mol. The Bertz CT molecular complexity index is 1060. The number of anilines is 2. The van der Waals surface area contributed by atoms with Gasteiger partial charge in [0, 0.05) is 62.0 Å². The molecule has 7 heteroatoms. The number of ether oxygens (including phenoxy) is 1. The van der Waals surface area contributed by atoms with Gasteiger partial charge >= 0.3 is 0 Å². The highest BCUT2D eigenvalue weighted by Crippen LogP contribution is 2.36. The number of hydrogen-bond acceptors (Lipinski definition) is 7. The Labute approximate surface area is 189 Å². The molecule has 4 heterocycles. The van der Waals surface area contributed by atoms with Crippen molar-refractivity contribution < 1.29 is 4.74 Å². The van der Waals surface area contributed by atoms with Gasteiger partial charge in [0.25, 0.3) is 0 Å². The number of nitrogens with one attached hydrogen (secondary N) is 1. The number of hydrogen-bond donors (Lipinski definition) is 1. The molecule has 2 aromatic heterocycles. The Hall–Kier alpha value is -3.19. The summed E-state index contributed by atoms with van der Waals surface area (Å²) in [4.78, 5) is 18.2. The van der Waals surface area contributed by atoms with Gasteiger partial charge in [-0.25, -0.2) is 15.0 Å². The third-order valence-electron chi connectivity index (χ3n) is 6.37. The molecule has 5 rings (SSSR count). The van der Waals surface area contributed by atoms with Crippen molar-refractivity contribution in [2.24, 2.45) is 0 Å². The number of pyridine rings is 1. The minimum absolute atomic E-state index is 0.471. The summed E-state index contributed by atoms with van der Waals surface area (Å²) < 4.78 is 5.91. The predicted octanol–water partition coefficient (Wildman–Crippen LogP) is 3.44. The fourth-order valence-corrected chi connectivity index (χ4v) is 4.36. The standard InChI is InChI=1S/C25H30N6O/c1-18-16-32-25-19(4-3-5-21(18)25)8-9-26-23-14-22(28-17-29-23)20-6-7-24(27-15-20)31-12-10-30(2)11-13-31/h3-7,14-15,17-18H,8-13,16H2,1-2H3,(H,26,28,29). The monoisotopic (exact) mass is 430 g/mol. The molecule has 0 saturated carbocycles. The molecule has 1 unspecified atom stereocenters. The first kappa shape index (κ1) is 20.7. The molecule has 2 aliphatic heterocycles. The molecule has 1 aromatic carbocycles. The van der Waals surface area contributed by atoms with E-state index < -0.39 is 0 Å². The third kappa shape index (κ3) is 4.39. The number of fused-ring (bicyclic) bond motifs is 1. The third-order valence-corrected chi connectivity index (χ3v) is 6.37. The van der Waals surface area contributed by atoms with E-state index in [0.717, 1.165) is 74.4 Å².